The topological polar surface area (TPSA) is 0 Å². The van der Waals surface area contributed by atoms with Crippen LogP contribution in [0.3, 0.4) is 0 Å². The number of benzene rings is 2. The Hall–Kier alpha value is 0.243. The normalized spacial score (nSPS) is 19.1. The molecule has 0 heterocycles. The summed E-state index contributed by atoms with van der Waals surface area (Å²) in [6, 6.07) is 18.0. The Morgan fingerprint density at radius 3 is 1.49 bits per heavy atom. The summed E-state index contributed by atoms with van der Waals surface area (Å²) >= 11 is -3.92. The van der Waals surface area contributed by atoms with Crippen LogP contribution in [0.2, 0.25) is 0 Å². The van der Waals surface area contributed by atoms with Crippen molar-refractivity contribution in [3.05, 3.63) is 81.4 Å². The SMILES string of the molecule is CCCP(CCC)C1=Cc2ccccc2[CH]1[Zr]([Cl])([Cl])[CH]1C(P(CC(C)C)CC(C)C)=Cc2ccccc21. The summed E-state index contributed by atoms with van der Waals surface area (Å²) in [5, 5.41) is 3.22. The molecule has 0 N–H and O–H groups in total. The fourth-order valence-electron chi connectivity index (χ4n) is 6.21. The van der Waals surface area contributed by atoms with Crippen LogP contribution in [-0.2, 0) is 17.9 Å². The van der Waals surface area contributed by atoms with Crippen LogP contribution in [0.5, 0.6) is 0 Å². The molecule has 2 aliphatic carbocycles. The number of allylic oxidation sites excluding steroid dienone is 2. The van der Waals surface area contributed by atoms with Gasteiger partial charge in [-0.2, -0.15) is 0 Å². The summed E-state index contributed by atoms with van der Waals surface area (Å²) in [7, 11) is 15.6. The maximum atomic E-state index is 8.07. The Morgan fingerprint density at radius 1 is 0.676 bits per heavy atom. The quantitative estimate of drug-likeness (QED) is 0.200. The zero-order valence-corrected chi connectivity index (χ0v) is 29.2. The summed E-state index contributed by atoms with van der Waals surface area (Å²) in [6.45, 7) is 14.2. The van der Waals surface area contributed by atoms with Crippen LogP contribution in [0, 0.1) is 11.8 Å². The van der Waals surface area contributed by atoms with Crippen molar-refractivity contribution < 1.29 is 17.9 Å². The van der Waals surface area contributed by atoms with E-state index in [-0.39, 0.29) is 23.1 Å². The summed E-state index contributed by atoms with van der Waals surface area (Å²) in [5.41, 5.74) is 5.57. The van der Waals surface area contributed by atoms with Gasteiger partial charge >= 0.3 is 242 Å². The molecule has 0 saturated carbocycles. The Kier molecular flexibility index (Phi) is 10.8. The van der Waals surface area contributed by atoms with Crippen molar-refractivity contribution in [1.82, 2.24) is 0 Å². The minimum atomic E-state index is -3.92. The number of halogens is 2. The van der Waals surface area contributed by atoms with Crippen LogP contribution in [0.4, 0.5) is 0 Å². The molecule has 0 bridgehead atoms. The average Bonchev–Trinajstić information content (AvgIpc) is 3.43. The monoisotopic (exact) mass is 650 g/mol. The van der Waals surface area contributed by atoms with Gasteiger partial charge in [-0.25, -0.2) is 0 Å². The first-order chi connectivity index (χ1) is 17.7. The van der Waals surface area contributed by atoms with Crippen molar-refractivity contribution in [2.75, 3.05) is 24.6 Å². The van der Waals surface area contributed by atoms with Crippen molar-refractivity contribution >= 4 is 45.0 Å². The second kappa shape index (κ2) is 13.3. The third-order valence-corrected chi connectivity index (χ3v) is 27.2. The Bertz CT molecular complexity index is 1120. The van der Waals surface area contributed by atoms with Crippen LogP contribution in [0.25, 0.3) is 12.2 Å². The number of rotatable bonds is 12. The molecule has 0 saturated heterocycles. The molecular formula is C32H44Cl2P2Zr. The van der Waals surface area contributed by atoms with Crippen LogP contribution in [-0.4, -0.2) is 24.6 Å². The minimum absolute atomic E-state index is 0.220. The maximum absolute atomic E-state index is 8.07. The van der Waals surface area contributed by atoms with Crippen LogP contribution in [0.15, 0.2) is 59.2 Å². The predicted molar refractivity (Wildman–Crippen MR) is 170 cm³/mol. The fourth-order valence-corrected chi connectivity index (χ4v) is 31.0. The molecule has 0 spiro atoms. The van der Waals surface area contributed by atoms with E-state index >= 15 is 0 Å². The second-order valence-corrected chi connectivity index (χ2v) is 31.1. The van der Waals surface area contributed by atoms with Gasteiger partial charge in [-0.15, -0.1) is 0 Å². The van der Waals surface area contributed by atoms with Gasteiger partial charge in [-0.3, -0.25) is 0 Å². The van der Waals surface area contributed by atoms with E-state index in [0.717, 1.165) is 0 Å². The van der Waals surface area contributed by atoms with Gasteiger partial charge in [0.1, 0.15) is 0 Å². The molecule has 0 aliphatic heterocycles. The van der Waals surface area contributed by atoms with E-state index < -0.39 is 17.9 Å². The molecule has 2 aromatic rings. The molecule has 37 heavy (non-hydrogen) atoms. The van der Waals surface area contributed by atoms with E-state index in [1.54, 1.807) is 10.6 Å². The molecule has 200 valence electrons. The van der Waals surface area contributed by atoms with Crippen LogP contribution >= 0.6 is 32.9 Å². The molecule has 0 aromatic heterocycles. The van der Waals surface area contributed by atoms with Crippen LogP contribution < -0.4 is 0 Å². The average molecular weight is 653 g/mol. The van der Waals surface area contributed by atoms with Crippen LogP contribution in [0.1, 0.15) is 83.9 Å². The van der Waals surface area contributed by atoms with Gasteiger partial charge in [0.2, 0.25) is 0 Å². The van der Waals surface area contributed by atoms with E-state index in [1.807, 2.05) is 0 Å². The second-order valence-electron chi connectivity index (χ2n) is 11.6. The molecule has 2 aliphatic rings. The van der Waals surface area contributed by atoms with Gasteiger partial charge in [-0.1, -0.05) is 0 Å². The first kappa shape index (κ1) is 30.2. The standard InChI is InChI=1S/C17H24P.C15H20P.2ClH.Zr/c1-13(2)11-18(12-14(3)4)17-9-15-7-5-6-8-16(15)10-17;1-3-9-16(10-4-2)15-11-13-7-5-6-8-14(13)12-15;;;/h5-10,13-14H,11-12H2,1-4H3;5-8,11-12H,3-4,9-10H2,1-2H3;2*1H;/q;;;;+2/p-2. The van der Waals surface area contributed by atoms with Gasteiger partial charge in [0.15, 0.2) is 0 Å². The van der Waals surface area contributed by atoms with E-state index in [0.29, 0.717) is 11.8 Å². The molecule has 2 aromatic carbocycles. The molecule has 2 atom stereocenters. The first-order valence-electron chi connectivity index (χ1n) is 14.2. The van der Waals surface area contributed by atoms with Crippen molar-refractivity contribution in [2.45, 2.75) is 61.6 Å². The zero-order valence-electron chi connectivity index (χ0n) is 23.5. The van der Waals surface area contributed by atoms with Crippen molar-refractivity contribution in [2.24, 2.45) is 11.8 Å². The van der Waals surface area contributed by atoms with E-state index in [4.69, 9.17) is 17.0 Å². The Labute approximate surface area is 240 Å². The van der Waals surface area contributed by atoms with Gasteiger partial charge in [0.25, 0.3) is 0 Å². The predicted octanol–water partition coefficient (Wildman–Crippen LogP) is 11.7. The third-order valence-electron chi connectivity index (χ3n) is 7.47. The summed E-state index contributed by atoms with van der Waals surface area (Å²) in [4.78, 5) is 0. The van der Waals surface area contributed by atoms with E-state index in [9.17, 15) is 0 Å². The third kappa shape index (κ3) is 6.60. The number of hydrogen-bond acceptors (Lipinski definition) is 0. The van der Waals surface area contributed by atoms with E-state index in [1.165, 1.54) is 59.7 Å². The number of fused-ring (bicyclic) bond motifs is 2. The summed E-state index contributed by atoms with van der Waals surface area (Å²) < 4.78 is 0.477. The Morgan fingerprint density at radius 2 is 1.08 bits per heavy atom. The molecular weight excluding hydrogens is 608 g/mol. The molecule has 5 heteroatoms. The summed E-state index contributed by atoms with van der Waals surface area (Å²) in [5.74, 6) is 1.35. The van der Waals surface area contributed by atoms with Gasteiger partial charge in [0.05, 0.1) is 0 Å². The van der Waals surface area contributed by atoms with Gasteiger partial charge < -0.3 is 0 Å². The van der Waals surface area contributed by atoms with E-state index in [2.05, 4.69) is 102 Å². The molecule has 0 radical (unpaired) electrons. The zero-order chi connectivity index (χ0) is 26.7. The molecule has 0 nitrogen and oxygen atoms in total. The van der Waals surface area contributed by atoms with Gasteiger partial charge in [-0.05, 0) is 0 Å². The molecule has 4 rings (SSSR count). The van der Waals surface area contributed by atoms with Crippen molar-refractivity contribution in [3.8, 4) is 0 Å². The van der Waals surface area contributed by atoms with Crippen molar-refractivity contribution in [1.29, 1.82) is 0 Å². The summed E-state index contributed by atoms with van der Waals surface area (Å²) in [6.07, 6.45) is 12.6. The molecule has 2 unspecified atom stereocenters. The van der Waals surface area contributed by atoms with Gasteiger partial charge in [0, 0.05) is 0 Å². The first-order valence-corrected chi connectivity index (χ1v) is 26.8. The number of hydrogen-bond donors (Lipinski definition) is 0. The molecule has 0 amide bonds. The van der Waals surface area contributed by atoms with Crippen molar-refractivity contribution in [3.63, 3.8) is 0 Å². The Balaban J connectivity index is 1.85. The molecule has 0 fully saturated rings. The fraction of sp³-hybridized carbons (Fsp3) is 0.500.